The van der Waals surface area contributed by atoms with Crippen molar-refractivity contribution >= 4 is 21.6 Å². The molecule has 1 heterocycles. The Morgan fingerprint density at radius 2 is 2.05 bits per heavy atom. The maximum Gasteiger partial charge on any atom is 0.258 e. The number of hydrogen-bond acceptors (Lipinski definition) is 5. The summed E-state index contributed by atoms with van der Waals surface area (Å²) >= 11 is 0. The predicted molar refractivity (Wildman–Crippen MR) is 74.3 cm³/mol. The summed E-state index contributed by atoms with van der Waals surface area (Å²) in [7, 11) is -3.26. The maximum atomic E-state index is 12.2. The van der Waals surface area contributed by atoms with Gasteiger partial charge in [0.1, 0.15) is 0 Å². The van der Waals surface area contributed by atoms with Crippen molar-refractivity contribution in [1.82, 2.24) is 9.21 Å². The van der Waals surface area contributed by atoms with Gasteiger partial charge in [0.15, 0.2) is 5.75 Å². The Balaban J connectivity index is 2.11. The molecule has 1 radical (unpaired) electrons. The zero-order valence-electron chi connectivity index (χ0n) is 11.0. The van der Waals surface area contributed by atoms with Crippen LogP contribution < -0.4 is 5.73 Å². The number of carbonyl (C=O) groups is 1. The van der Waals surface area contributed by atoms with Crippen LogP contribution in [0, 0.1) is 6.54 Å². The number of hydrogen-bond donors (Lipinski definition) is 2. The summed E-state index contributed by atoms with van der Waals surface area (Å²) in [6.07, 6.45) is 1.13. The Labute approximate surface area is 117 Å². The van der Waals surface area contributed by atoms with Crippen LogP contribution >= 0.6 is 0 Å². The molecule has 8 heteroatoms. The number of carbonyl (C=O) groups excluding carboxylic acids is 1. The van der Waals surface area contributed by atoms with E-state index in [1.54, 1.807) is 6.07 Å². The lowest BCUT2D eigenvalue weighted by molar-refractivity contribution is 0.0754. The summed E-state index contributed by atoms with van der Waals surface area (Å²) in [5.41, 5.74) is 5.78. The minimum Gasteiger partial charge on any atom is -0.505 e. The third kappa shape index (κ3) is 2.86. The molecular formula is C12H16N3O4S. The normalized spacial score (nSPS) is 17.1. The number of nitrogens with zero attached hydrogens (tertiary/aromatic N) is 2. The number of nitrogen functional groups attached to an aromatic ring is 1. The molecule has 20 heavy (non-hydrogen) atoms. The van der Waals surface area contributed by atoms with Crippen molar-refractivity contribution in [2.75, 3.05) is 31.6 Å². The van der Waals surface area contributed by atoms with Gasteiger partial charge >= 0.3 is 0 Å². The Morgan fingerprint density at radius 1 is 1.35 bits per heavy atom. The summed E-state index contributed by atoms with van der Waals surface area (Å²) in [6, 6.07) is 4.55. The molecule has 0 saturated carbocycles. The Morgan fingerprint density at radius 3 is 2.60 bits per heavy atom. The molecule has 1 aromatic carbocycles. The van der Waals surface area contributed by atoms with Gasteiger partial charge in [-0.25, -0.2) is 8.42 Å². The summed E-state index contributed by atoms with van der Waals surface area (Å²) in [5.74, 6) is -0.653. The van der Waals surface area contributed by atoms with Gasteiger partial charge in [0.2, 0.25) is 10.0 Å². The van der Waals surface area contributed by atoms with Gasteiger partial charge in [0.25, 0.3) is 5.91 Å². The van der Waals surface area contributed by atoms with E-state index in [0.717, 1.165) is 6.26 Å². The first-order chi connectivity index (χ1) is 9.30. The quantitative estimate of drug-likeness (QED) is 0.584. The van der Waals surface area contributed by atoms with Crippen LogP contribution in [0.2, 0.25) is 0 Å². The molecule has 1 saturated heterocycles. The number of rotatable bonds is 2. The fourth-order valence-electron chi connectivity index (χ4n) is 1.97. The third-order valence-electron chi connectivity index (χ3n) is 3.12. The van der Waals surface area contributed by atoms with E-state index in [1.165, 1.54) is 27.9 Å². The van der Waals surface area contributed by atoms with E-state index < -0.39 is 15.9 Å². The highest BCUT2D eigenvalue weighted by molar-refractivity contribution is 7.88. The minimum atomic E-state index is -3.26. The molecule has 1 fully saturated rings. The van der Waals surface area contributed by atoms with E-state index in [1.807, 2.05) is 0 Å². The van der Waals surface area contributed by atoms with Crippen molar-refractivity contribution < 1.29 is 18.3 Å². The molecule has 109 valence electrons. The molecule has 3 N–H and O–H groups in total. The molecule has 1 amide bonds. The molecule has 0 atom stereocenters. The van der Waals surface area contributed by atoms with Crippen LogP contribution in [-0.2, 0) is 10.0 Å². The molecule has 7 nitrogen and oxygen atoms in total. The SMILES string of the molecule is CS(=O)(=O)N1C[CH]N(C(=O)c2cccc(N)c2O)CC1. The standard InChI is InChI=1S/C12H16N3O4S/c1-20(18,19)15-7-5-14(6-8-15)12(17)9-3-2-4-10(13)11(9)16/h2-5,16H,6-8,13H2,1H3. The van der Waals surface area contributed by atoms with Crippen molar-refractivity contribution in [3.63, 3.8) is 0 Å². The van der Waals surface area contributed by atoms with E-state index in [2.05, 4.69) is 0 Å². The third-order valence-corrected chi connectivity index (χ3v) is 4.39. The highest BCUT2D eigenvalue weighted by Gasteiger charge is 2.28. The van der Waals surface area contributed by atoms with Crippen LogP contribution in [0.3, 0.4) is 0 Å². The molecule has 0 aromatic heterocycles. The van der Waals surface area contributed by atoms with Gasteiger partial charge in [-0.1, -0.05) is 6.07 Å². The topological polar surface area (TPSA) is 104 Å². The molecule has 0 spiro atoms. The number of piperazine rings is 1. The summed E-state index contributed by atoms with van der Waals surface area (Å²) in [4.78, 5) is 13.6. The number of nitrogens with two attached hydrogens (primary N) is 1. The van der Waals surface area contributed by atoms with Crippen molar-refractivity contribution in [1.29, 1.82) is 0 Å². The van der Waals surface area contributed by atoms with Gasteiger partial charge in [0, 0.05) is 19.6 Å². The predicted octanol–water partition coefficient (Wildman–Crippen LogP) is -0.146. The lowest BCUT2D eigenvalue weighted by atomic mass is 10.1. The second kappa shape index (κ2) is 5.29. The van der Waals surface area contributed by atoms with Gasteiger partial charge in [-0.05, 0) is 12.1 Å². The second-order valence-corrected chi connectivity index (χ2v) is 6.53. The van der Waals surface area contributed by atoms with Gasteiger partial charge in [0.05, 0.1) is 24.1 Å². The lowest BCUT2D eigenvalue weighted by Gasteiger charge is -2.32. The highest BCUT2D eigenvalue weighted by atomic mass is 32.2. The van der Waals surface area contributed by atoms with Crippen molar-refractivity contribution in [2.45, 2.75) is 0 Å². The Bertz CT molecular complexity index is 622. The van der Waals surface area contributed by atoms with Crippen LogP contribution in [-0.4, -0.2) is 54.5 Å². The number of anilines is 1. The molecule has 2 rings (SSSR count). The van der Waals surface area contributed by atoms with Gasteiger partial charge in [-0.15, -0.1) is 0 Å². The number of para-hydroxylation sites is 1. The number of phenolic OH excluding ortho intramolecular Hbond substituents is 1. The van der Waals surface area contributed by atoms with Gasteiger partial charge < -0.3 is 15.7 Å². The van der Waals surface area contributed by atoms with Gasteiger partial charge in [-0.2, -0.15) is 4.31 Å². The number of benzene rings is 1. The van der Waals surface area contributed by atoms with E-state index >= 15 is 0 Å². The number of aromatic hydroxyl groups is 1. The van der Waals surface area contributed by atoms with E-state index in [-0.39, 0.29) is 36.6 Å². The zero-order chi connectivity index (χ0) is 14.9. The first-order valence-corrected chi connectivity index (χ1v) is 7.82. The summed E-state index contributed by atoms with van der Waals surface area (Å²) in [6.45, 7) is 2.09. The van der Waals surface area contributed by atoms with Gasteiger partial charge in [-0.3, -0.25) is 4.79 Å². The molecule has 1 aliphatic rings. The van der Waals surface area contributed by atoms with Crippen LogP contribution in [0.5, 0.6) is 5.75 Å². The molecule has 0 unspecified atom stereocenters. The van der Waals surface area contributed by atoms with E-state index in [4.69, 9.17) is 5.73 Å². The van der Waals surface area contributed by atoms with Crippen molar-refractivity contribution in [3.8, 4) is 5.75 Å². The second-order valence-electron chi connectivity index (χ2n) is 4.55. The van der Waals surface area contributed by atoms with E-state index in [9.17, 15) is 18.3 Å². The fourth-order valence-corrected chi connectivity index (χ4v) is 2.72. The van der Waals surface area contributed by atoms with Crippen molar-refractivity contribution in [2.24, 2.45) is 0 Å². The minimum absolute atomic E-state index is 0.106. The summed E-state index contributed by atoms with van der Waals surface area (Å²) in [5, 5.41) is 9.79. The number of amides is 1. The molecular weight excluding hydrogens is 282 g/mol. The Hall–Kier alpha value is -1.80. The molecule has 1 aromatic rings. The molecule has 0 aliphatic carbocycles. The first kappa shape index (κ1) is 14.6. The number of sulfonamides is 1. The zero-order valence-corrected chi connectivity index (χ0v) is 11.8. The maximum absolute atomic E-state index is 12.2. The van der Waals surface area contributed by atoms with E-state index in [0.29, 0.717) is 0 Å². The summed E-state index contributed by atoms with van der Waals surface area (Å²) < 4.78 is 24.0. The van der Waals surface area contributed by atoms with Crippen LogP contribution in [0.15, 0.2) is 18.2 Å². The highest BCUT2D eigenvalue weighted by Crippen LogP contribution is 2.26. The molecule has 0 bridgehead atoms. The van der Waals surface area contributed by atoms with Crippen molar-refractivity contribution in [3.05, 3.63) is 30.3 Å². The largest absolute Gasteiger partial charge is 0.505 e. The molecule has 1 aliphatic heterocycles. The smallest absolute Gasteiger partial charge is 0.258 e. The first-order valence-electron chi connectivity index (χ1n) is 5.97. The number of phenols is 1. The monoisotopic (exact) mass is 298 g/mol. The van der Waals surface area contributed by atoms with Crippen LogP contribution in [0.4, 0.5) is 5.69 Å². The Kier molecular flexibility index (Phi) is 3.87. The average molecular weight is 298 g/mol. The van der Waals surface area contributed by atoms with Crippen LogP contribution in [0.1, 0.15) is 10.4 Å². The van der Waals surface area contributed by atoms with Crippen LogP contribution in [0.25, 0.3) is 0 Å². The average Bonchev–Trinajstić information content (AvgIpc) is 2.40. The lowest BCUT2D eigenvalue weighted by Crippen LogP contribution is -2.47. The fraction of sp³-hybridized carbons (Fsp3) is 0.333.